The van der Waals surface area contributed by atoms with Gasteiger partial charge in [-0.3, -0.25) is 4.90 Å². The fraction of sp³-hybridized carbons (Fsp3) is 0.600. The minimum absolute atomic E-state index is 0.354. The van der Waals surface area contributed by atoms with Crippen molar-refractivity contribution in [1.29, 1.82) is 0 Å². The van der Waals surface area contributed by atoms with E-state index in [1.165, 1.54) is 5.56 Å². The standard InChI is InChI=1S/C15H24N2/c1-11-9-15(16)12(2)13(3)17(11)10-14-7-5-4-6-8-14/h4-8,11-13,15H,9-10,16H2,1-3H3/t11-,12+,13-,15-/m0/s1. The third-order valence-electron chi connectivity index (χ3n) is 4.35. The van der Waals surface area contributed by atoms with Gasteiger partial charge in [-0.1, -0.05) is 37.3 Å². The number of hydrogen-bond acceptors (Lipinski definition) is 2. The Morgan fingerprint density at radius 1 is 1.18 bits per heavy atom. The highest BCUT2D eigenvalue weighted by Crippen LogP contribution is 2.28. The van der Waals surface area contributed by atoms with Crippen molar-refractivity contribution in [1.82, 2.24) is 4.90 Å². The van der Waals surface area contributed by atoms with Crippen molar-refractivity contribution in [2.75, 3.05) is 0 Å². The van der Waals surface area contributed by atoms with E-state index in [9.17, 15) is 0 Å². The molecule has 0 radical (unpaired) electrons. The fourth-order valence-corrected chi connectivity index (χ4v) is 2.90. The normalized spacial score (nSPS) is 34.8. The van der Waals surface area contributed by atoms with Crippen LogP contribution < -0.4 is 5.73 Å². The van der Waals surface area contributed by atoms with E-state index in [0.29, 0.717) is 24.0 Å². The minimum Gasteiger partial charge on any atom is -0.327 e. The summed E-state index contributed by atoms with van der Waals surface area (Å²) in [4.78, 5) is 2.59. The fourth-order valence-electron chi connectivity index (χ4n) is 2.90. The number of nitrogens with zero attached hydrogens (tertiary/aromatic N) is 1. The lowest BCUT2D eigenvalue weighted by Gasteiger charge is -2.45. The number of piperidine rings is 1. The van der Waals surface area contributed by atoms with Crippen LogP contribution in [0.1, 0.15) is 32.8 Å². The monoisotopic (exact) mass is 232 g/mol. The van der Waals surface area contributed by atoms with E-state index in [-0.39, 0.29) is 0 Å². The molecule has 0 unspecified atom stereocenters. The van der Waals surface area contributed by atoms with Gasteiger partial charge in [0.2, 0.25) is 0 Å². The van der Waals surface area contributed by atoms with Crippen LogP contribution in [0, 0.1) is 5.92 Å². The highest BCUT2D eigenvalue weighted by atomic mass is 15.2. The first-order chi connectivity index (χ1) is 8.09. The van der Waals surface area contributed by atoms with Crippen LogP contribution in [0.5, 0.6) is 0 Å². The van der Waals surface area contributed by atoms with E-state index < -0.39 is 0 Å². The first-order valence-corrected chi connectivity index (χ1v) is 6.65. The van der Waals surface area contributed by atoms with Gasteiger partial charge in [0.25, 0.3) is 0 Å². The lowest BCUT2D eigenvalue weighted by molar-refractivity contribution is 0.0439. The van der Waals surface area contributed by atoms with Crippen molar-refractivity contribution in [2.24, 2.45) is 11.7 Å². The summed E-state index contributed by atoms with van der Waals surface area (Å²) in [6, 6.07) is 12.2. The van der Waals surface area contributed by atoms with Gasteiger partial charge < -0.3 is 5.73 Å². The quantitative estimate of drug-likeness (QED) is 0.849. The molecule has 0 spiro atoms. The van der Waals surface area contributed by atoms with Gasteiger partial charge in [-0.15, -0.1) is 0 Å². The summed E-state index contributed by atoms with van der Waals surface area (Å²) in [5.74, 6) is 0.579. The molecule has 2 heteroatoms. The Bertz CT molecular complexity index is 349. The second-order valence-electron chi connectivity index (χ2n) is 5.51. The maximum absolute atomic E-state index is 6.19. The lowest BCUT2D eigenvalue weighted by Crippen LogP contribution is -2.55. The van der Waals surface area contributed by atoms with Gasteiger partial charge in [0.05, 0.1) is 0 Å². The molecular weight excluding hydrogens is 208 g/mol. The van der Waals surface area contributed by atoms with Gasteiger partial charge in [0, 0.05) is 24.7 Å². The molecule has 2 nitrogen and oxygen atoms in total. The average molecular weight is 232 g/mol. The van der Waals surface area contributed by atoms with Crippen molar-refractivity contribution < 1.29 is 0 Å². The Labute approximate surface area is 105 Å². The Hall–Kier alpha value is -0.860. The van der Waals surface area contributed by atoms with Gasteiger partial charge in [-0.05, 0) is 31.7 Å². The third-order valence-corrected chi connectivity index (χ3v) is 4.35. The maximum Gasteiger partial charge on any atom is 0.0239 e. The lowest BCUT2D eigenvalue weighted by atomic mass is 9.84. The topological polar surface area (TPSA) is 29.3 Å². The van der Waals surface area contributed by atoms with E-state index in [0.717, 1.165) is 13.0 Å². The predicted molar refractivity (Wildman–Crippen MR) is 72.7 cm³/mol. The number of nitrogens with two attached hydrogens (primary N) is 1. The van der Waals surface area contributed by atoms with Crippen molar-refractivity contribution in [3.8, 4) is 0 Å². The maximum atomic E-state index is 6.19. The average Bonchev–Trinajstić information content (AvgIpc) is 2.33. The number of hydrogen-bond donors (Lipinski definition) is 1. The molecule has 1 aromatic rings. The summed E-state index contributed by atoms with van der Waals surface area (Å²) in [7, 11) is 0. The molecule has 2 rings (SSSR count). The van der Waals surface area contributed by atoms with Crippen molar-refractivity contribution >= 4 is 0 Å². The van der Waals surface area contributed by atoms with Crippen LogP contribution in [-0.2, 0) is 6.54 Å². The third kappa shape index (κ3) is 2.70. The first kappa shape index (κ1) is 12.6. The number of benzene rings is 1. The Morgan fingerprint density at radius 3 is 2.47 bits per heavy atom. The van der Waals surface area contributed by atoms with Crippen LogP contribution in [0.2, 0.25) is 0 Å². The van der Waals surface area contributed by atoms with Crippen LogP contribution in [-0.4, -0.2) is 23.0 Å². The summed E-state index contributed by atoms with van der Waals surface area (Å²) >= 11 is 0. The minimum atomic E-state index is 0.354. The predicted octanol–water partition coefficient (Wildman–Crippen LogP) is 2.63. The van der Waals surface area contributed by atoms with Gasteiger partial charge in [0.15, 0.2) is 0 Å². The van der Waals surface area contributed by atoms with Crippen molar-refractivity contribution in [3.63, 3.8) is 0 Å². The summed E-state index contributed by atoms with van der Waals surface area (Å²) in [5, 5.41) is 0. The zero-order valence-corrected chi connectivity index (χ0v) is 11.1. The van der Waals surface area contributed by atoms with Crippen LogP contribution in [0.4, 0.5) is 0 Å². The van der Waals surface area contributed by atoms with Crippen LogP contribution in [0.3, 0.4) is 0 Å². The molecule has 1 saturated heterocycles. The SMILES string of the molecule is C[C@H]1[C@@H](N)C[C@H](C)N(Cc2ccccc2)[C@H]1C. The van der Waals surface area contributed by atoms with E-state index in [2.05, 4.69) is 56.0 Å². The zero-order chi connectivity index (χ0) is 12.4. The smallest absolute Gasteiger partial charge is 0.0239 e. The summed E-state index contributed by atoms with van der Waals surface area (Å²) in [6.07, 6.45) is 1.11. The van der Waals surface area contributed by atoms with E-state index >= 15 is 0 Å². The molecule has 1 heterocycles. The molecule has 2 N–H and O–H groups in total. The molecule has 17 heavy (non-hydrogen) atoms. The molecule has 0 aromatic heterocycles. The van der Waals surface area contributed by atoms with E-state index in [1.54, 1.807) is 0 Å². The van der Waals surface area contributed by atoms with Crippen molar-refractivity contribution in [3.05, 3.63) is 35.9 Å². The molecule has 94 valence electrons. The number of rotatable bonds is 2. The molecule has 1 aliphatic heterocycles. The molecule has 1 aromatic carbocycles. The summed E-state index contributed by atoms with van der Waals surface area (Å²) in [5.41, 5.74) is 7.59. The van der Waals surface area contributed by atoms with Crippen molar-refractivity contribution in [2.45, 2.75) is 51.9 Å². The highest BCUT2D eigenvalue weighted by Gasteiger charge is 2.34. The first-order valence-electron chi connectivity index (χ1n) is 6.65. The molecule has 4 atom stereocenters. The molecular formula is C15H24N2. The summed E-state index contributed by atoms with van der Waals surface area (Å²) < 4.78 is 0. The van der Waals surface area contributed by atoms with E-state index in [1.807, 2.05) is 0 Å². The van der Waals surface area contributed by atoms with Crippen LogP contribution in [0.25, 0.3) is 0 Å². The van der Waals surface area contributed by atoms with Crippen LogP contribution >= 0.6 is 0 Å². The van der Waals surface area contributed by atoms with Gasteiger partial charge in [-0.2, -0.15) is 0 Å². The summed E-state index contributed by atoms with van der Waals surface area (Å²) in [6.45, 7) is 7.92. The van der Waals surface area contributed by atoms with Gasteiger partial charge in [0.1, 0.15) is 0 Å². The molecule has 0 saturated carbocycles. The van der Waals surface area contributed by atoms with Crippen LogP contribution in [0.15, 0.2) is 30.3 Å². The largest absolute Gasteiger partial charge is 0.327 e. The van der Waals surface area contributed by atoms with Gasteiger partial charge in [-0.25, -0.2) is 0 Å². The molecule has 0 bridgehead atoms. The molecule has 1 fully saturated rings. The Morgan fingerprint density at radius 2 is 1.82 bits per heavy atom. The molecule has 0 aliphatic carbocycles. The molecule has 0 amide bonds. The Balaban J connectivity index is 2.09. The Kier molecular flexibility index (Phi) is 3.85. The zero-order valence-electron chi connectivity index (χ0n) is 11.1. The second kappa shape index (κ2) is 5.19. The number of likely N-dealkylation sites (tertiary alicyclic amines) is 1. The molecule has 1 aliphatic rings. The van der Waals surface area contributed by atoms with Gasteiger partial charge >= 0.3 is 0 Å². The van der Waals surface area contributed by atoms with E-state index in [4.69, 9.17) is 5.73 Å². The second-order valence-corrected chi connectivity index (χ2v) is 5.51. The highest BCUT2D eigenvalue weighted by molar-refractivity contribution is 5.15.